The molecule has 0 radical (unpaired) electrons. The molecule has 22 heavy (non-hydrogen) atoms. The molecule has 0 fully saturated rings. The van der Waals surface area contributed by atoms with Gasteiger partial charge in [0.15, 0.2) is 0 Å². The fraction of sp³-hybridized carbons (Fsp3) is 0.857. The summed E-state index contributed by atoms with van der Waals surface area (Å²) in [5.74, 6) is -1.11. The fourth-order valence-electron chi connectivity index (χ4n) is 1.56. The number of esters is 2. The molecule has 0 saturated heterocycles. The summed E-state index contributed by atoms with van der Waals surface area (Å²) in [7, 11) is 0. The molecule has 0 heterocycles. The lowest BCUT2D eigenvalue weighted by Crippen LogP contribution is -2.25. The molecule has 0 amide bonds. The van der Waals surface area contributed by atoms with Gasteiger partial charge in [-0.15, -0.1) is 4.33 Å². The van der Waals surface area contributed by atoms with Gasteiger partial charge in [0.25, 0.3) is 0 Å². The smallest absolute Gasteiger partial charge is 0.322 e. The second kappa shape index (κ2) is 15.1. The zero-order valence-corrected chi connectivity index (χ0v) is 14.1. The summed E-state index contributed by atoms with van der Waals surface area (Å²) in [4.78, 5) is 23.5. The van der Waals surface area contributed by atoms with Crippen molar-refractivity contribution in [3.05, 3.63) is 0 Å². The molecular weight excluding hydrogens is 312 g/mol. The van der Waals surface area contributed by atoms with Crippen LogP contribution >= 0.6 is 12.0 Å². The molecular formula is C14H26O7S. The zero-order valence-electron chi connectivity index (χ0n) is 13.2. The molecule has 0 aromatic rings. The third-order valence-corrected chi connectivity index (χ3v) is 3.53. The van der Waals surface area contributed by atoms with Crippen LogP contribution in [0, 0.1) is 0 Å². The second-order valence-corrected chi connectivity index (χ2v) is 5.63. The highest BCUT2D eigenvalue weighted by Gasteiger charge is 2.26. The predicted octanol–water partition coefficient (Wildman–Crippen LogP) is 3.28. The van der Waals surface area contributed by atoms with E-state index in [4.69, 9.17) is 14.7 Å². The van der Waals surface area contributed by atoms with Gasteiger partial charge in [-0.05, 0) is 12.8 Å². The van der Waals surface area contributed by atoms with E-state index in [1.54, 1.807) is 0 Å². The van der Waals surface area contributed by atoms with Crippen molar-refractivity contribution in [2.45, 2.75) is 64.0 Å². The van der Waals surface area contributed by atoms with Crippen molar-refractivity contribution in [1.29, 1.82) is 0 Å². The summed E-state index contributed by atoms with van der Waals surface area (Å²) >= 11 is 0.518. The average Bonchev–Trinajstić information content (AvgIpc) is 2.51. The quantitative estimate of drug-likeness (QED) is 0.170. The third kappa shape index (κ3) is 11.8. The van der Waals surface area contributed by atoms with Crippen molar-refractivity contribution in [1.82, 2.24) is 0 Å². The maximum atomic E-state index is 11.9. The Morgan fingerprint density at radius 3 is 2.32 bits per heavy atom. The Balaban J connectivity index is 4.12. The third-order valence-electron chi connectivity index (χ3n) is 2.80. The Morgan fingerprint density at radius 2 is 1.68 bits per heavy atom. The molecule has 0 bridgehead atoms. The Morgan fingerprint density at radius 1 is 1.00 bits per heavy atom. The summed E-state index contributed by atoms with van der Waals surface area (Å²) in [6.07, 6.45) is 5.41. The van der Waals surface area contributed by atoms with Crippen molar-refractivity contribution in [3.8, 4) is 0 Å². The van der Waals surface area contributed by atoms with Crippen LogP contribution in [0.15, 0.2) is 0 Å². The van der Waals surface area contributed by atoms with Crippen molar-refractivity contribution >= 4 is 24.0 Å². The van der Waals surface area contributed by atoms with E-state index in [0.717, 1.165) is 38.5 Å². The van der Waals surface area contributed by atoms with E-state index >= 15 is 0 Å². The minimum atomic E-state index is -0.938. The Labute approximate surface area is 135 Å². The molecule has 1 unspecified atom stereocenters. The molecule has 0 rings (SSSR count). The molecule has 0 spiro atoms. The van der Waals surface area contributed by atoms with Gasteiger partial charge in [-0.2, -0.15) is 0 Å². The molecule has 0 saturated carbocycles. The van der Waals surface area contributed by atoms with E-state index in [9.17, 15) is 9.59 Å². The Kier molecular flexibility index (Phi) is 14.5. The molecule has 1 atom stereocenters. The zero-order chi connectivity index (χ0) is 16.6. The van der Waals surface area contributed by atoms with Gasteiger partial charge in [-0.3, -0.25) is 9.59 Å². The lowest BCUT2D eigenvalue weighted by atomic mass is 10.2. The number of rotatable bonds is 14. The highest BCUT2D eigenvalue weighted by molar-refractivity contribution is 7.95. The summed E-state index contributed by atoms with van der Waals surface area (Å²) in [5, 5.41) is 10.7. The summed E-state index contributed by atoms with van der Waals surface area (Å²) in [6, 6.07) is 0. The van der Waals surface area contributed by atoms with E-state index < -0.39 is 17.2 Å². The number of ether oxygens (including phenoxy) is 2. The van der Waals surface area contributed by atoms with Gasteiger partial charge in [-0.1, -0.05) is 44.6 Å². The first-order valence-corrected chi connectivity index (χ1v) is 8.41. The molecule has 1 N–H and O–H groups in total. The van der Waals surface area contributed by atoms with Crippen LogP contribution in [-0.4, -0.2) is 35.7 Å². The van der Waals surface area contributed by atoms with Crippen LogP contribution < -0.4 is 0 Å². The van der Waals surface area contributed by atoms with E-state index in [0.29, 0.717) is 25.3 Å². The van der Waals surface area contributed by atoms with Crippen LogP contribution in [0.3, 0.4) is 0 Å². The summed E-state index contributed by atoms with van der Waals surface area (Å²) in [5.41, 5.74) is 0. The van der Waals surface area contributed by atoms with Crippen LogP contribution in [0.4, 0.5) is 0 Å². The lowest BCUT2D eigenvalue weighted by molar-refractivity contribution is -0.432. The van der Waals surface area contributed by atoms with E-state index in [2.05, 4.69) is 16.3 Å². The van der Waals surface area contributed by atoms with Gasteiger partial charge in [0.05, 0.1) is 31.7 Å². The van der Waals surface area contributed by atoms with E-state index in [-0.39, 0.29) is 6.42 Å². The molecule has 0 aromatic carbocycles. The van der Waals surface area contributed by atoms with Crippen LogP contribution in [-0.2, 0) is 28.4 Å². The van der Waals surface area contributed by atoms with Gasteiger partial charge >= 0.3 is 11.9 Å². The highest BCUT2D eigenvalue weighted by Crippen LogP contribution is 2.19. The van der Waals surface area contributed by atoms with Gasteiger partial charge < -0.3 is 9.47 Å². The van der Waals surface area contributed by atoms with Crippen molar-refractivity contribution in [3.63, 3.8) is 0 Å². The van der Waals surface area contributed by atoms with E-state index in [1.807, 2.05) is 6.92 Å². The second-order valence-electron chi connectivity index (χ2n) is 4.73. The maximum absolute atomic E-state index is 11.9. The van der Waals surface area contributed by atoms with Crippen LogP contribution in [0.25, 0.3) is 0 Å². The normalized spacial score (nSPS) is 12.0. The summed E-state index contributed by atoms with van der Waals surface area (Å²) in [6.45, 7) is 4.68. The monoisotopic (exact) mass is 338 g/mol. The highest BCUT2D eigenvalue weighted by atomic mass is 32.2. The number of carbonyl (C=O) groups excluding carboxylic acids is 2. The largest absolute Gasteiger partial charge is 0.466 e. The molecule has 7 nitrogen and oxygen atoms in total. The first-order valence-electron chi connectivity index (χ1n) is 7.61. The average molecular weight is 338 g/mol. The fourth-order valence-corrected chi connectivity index (χ4v) is 2.04. The topological polar surface area (TPSA) is 91.3 Å². The Bertz CT molecular complexity index is 299. The summed E-state index contributed by atoms with van der Waals surface area (Å²) < 4.78 is 14.3. The molecule has 0 aliphatic rings. The minimum absolute atomic E-state index is 0.203. The number of hydrogen-bond donors (Lipinski definition) is 1. The minimum Gasteiger partial charge on any atom is -0.466 e. The molecule has 8 heteroatoms. The first kappa shape index (κ1) is 21.2. The van der Waals surface area contributed by atoms with Gasteiger partial charge in [0.1, 0.15) is 5.25 Å². The number of hydrogen-bond acceptors (Lipinski definition) is 8. The molecule has 130 valence electrons. The van der Waals surface area contributed by atoms with Crippen molar-refractivity contribution in [2.75, 3.05) is 13.2 Å². The maximum Gasteiger partial charge on any atom is 0.322 e. The van der Waals surface area contributed by atoms with Gasteiger partial charge in [0.2, 0.25) is 0 Å². The van der Waals surface area contributed by atoms with Crippen molar-refractivity contribution in [2.24, 2.45) is 0 Å². The molecule has 0 aromatic heterocycles. The van der Waals surface area contributed by atoms with Gasteiger partial charge in [-0.25, -0.2) is 5.26 Å². The van der Waals surface area contributed by atoms with Gasteiger partial charge in [0, 0.05) is 0 Å². The van der Waals surface area contributed by atoms with Crippen molar-refractivity contribution < 1.29 is 33.7 Å². The lowest BCUT2D eigenvalue weighted by Gasteiger charge is -2.13. The predicted molar refractivity (Wildman–Crippen MR) is 81.8 cm³/mol. The molecule has 0 aliphatic heterocycles. The van der Waals surface area contributed by atoms with E-state index in [1.165, 1.54) is 0 Å². The number of unbranched alkanes of at least 4 members (excludes halogenated alkanes) is 4. The van der Waals surface area contributed by atoms with Crippen LogP contribution in [0.5, 0.6) is 0 Å². The standard InChI is InChI=1S/C14H26O7S/c1-3-5-7-8-10-19-14(16)12(22-21-20-17)11-13(15)18-9-6-4-2/h12,17H,3-11H2,1-2H3. The molecule has 0 aliphatic carbocycles. The Hall–Kier alpha value is -0.830. The van der Waals surface area contributed by atoms with Crippen LogP contribution in [0.1, 0.15) is 58.8 Å². The first-order chi connectivity index (χ1) is 10.7. The number of carbonyl (C=O) groups is 2. The van der Waals surface area contributed by atoms with Crippen LogP contribution in [0.2, 0.25) is 0 Å². The SMILES string of the molecule is CCCCCCOC(=O)C(CC(=O)OCCCC)SOOO.